The van der Waals surface area contributed by atoms with Crippen molar-refractivity contribution in [2.24, 2.45) is 4.99 Å². The molecule has 0 spiro atoms. The van der Waals surface area contributed by atoms with Gasteiger partial charge < -0.3 is 14.0 Å². The van der Waals surface area contributed by atoms with Crippen LogP contribution in [0.5, 0.6) is 0 Å². The van der Waals surface area contributed by atoms with Crippen LogP contribution >= 0.6 is 11.3 Å². The van der Waals surface area contributed by atoms with Crippen LogP contribution in [0, 0.1) is 6.92 Å². The first kappa shape index (κ1) is 25.3. The molecule has 1 heterocycles. The number of aromatic nitrogens is 1. The lowest BCUT2D eigenvalue weighted by Crippen LogP contribution is -2.36. The molecule has 3 rings (SSSR count). The first-order valence-electron chi connectivity index (χ1n) is 10.6. The lowest BCUT2D eigenvalue weighted by Gasteiger charge is -2.21. The van der Waals surface area contributed by atoms with E-state index in [-0.39, 0.29) is 31.2 Å². The molecule has 0 saturated heterocycles. The predicted molar refractivity (Wildman–Crippen MR) is 129 cm³/mol. The van der Waals surface area contributed by atoms with Crippen LogP contribution in [0.15, 0.2) is 52.4 Å². The van der Waals surface area contributed by atoms with Gasteiger partial charge >= 0.3 is 0 Å². The van der Waals surface area contributed by atoms with E-state index in [9.17, 15) is 13.2 Å². The Hall–Kier alpha value is -2.37. The van der Waals surface area contributed by atoms with E-state index in [1.165, 1.54) is 54.1 Å². The van der Waals surface area contributed by atoms with Crippen LogP contribution in [-0.2, 0) is 26.0 Å². The Labute approximate surface area is 198 Å². The van der Waals surface area contributed by atoms with Crippen molar-refractivity contribution in [2.45, 2.75) is 25.3 Å². The topological polar surface area (TPSA) is 90.2 Å². The number of hydrogen-bond donors (Lipinski definition) is 0. The Morgan fingerprint density at radius 2 is 1.70 bits per heavy atom. The molecular formula is C23H29N3O5S2. The number of fused-ring (bicyclic) bond motifs is 1. The molecule has 0 aliphatic heterocycles. The van der Waals surface area contributed by atoms with Crippen molar-refractivity contribution in [3.63, 3.8) is 0 Å². The van der Waals surface area contributed by atoms with Gasteiger partial charge in [-0.05, 0) is 55.8 Å². The molecule has 2 aromatic carbocycles. The SMILES string of the molecule is CCn1c(=NC(=O)c2ccc(S(=O)(=O)N(CCOC)CCOC)cc2)sc2cc(C)ccc21. The summed E-state index contributed by atoms with van der Waals surface area (Å²) < 4.78 is 40.5. The van der Waals surface area contributed by atoms with E-state index in [1.54, 1.807) is 0 Å². The highest BCUT2D eigenvalue weighted by Crippen LogP contribution is 2.20. The van der Waals surface area contributed by atoms with Crippen LogP contribution in [0.4, 0.5) is 0 Å². The number of sulfonamides is 1. The maximum atomic E-state index is 13.0. The third-order valence-electron chi connectivity index (χ3n) is 5.18. The average molecular weight is 492 g/mol. The van der Waals surface area contributed by atoms with Gasteiger partial charge in [0.1, 0.15) is 0 Å². The van der Waals surface area contributed by atoms with Crippen LogP contribution < -0.4 is 4.80 Å². The molecule has 0 saturated carbocycles. The van der Waals surface area contributed by atoms with Gasteiger partial charge in [-0.25, -0.2) is 8.42 Å². The molecule has 1 amide bonds. The molecule has 0 aliphatic rings. The van der Waals surface area contributed by atoms with Gasteiger partial charge in [0.05, 0.1) is 28.3 Å². The number of ether oxygens (including phenoxy) is 2. The normalized spacial score (nSPS) is 12.7. The Balaban J connectivity index is 1.89. The Morgan fingerprint density at radius 1 is 1.06 bits per heavy atom. The van der Waals surface area contributed by atoms with Crippen LogP contribution in [0.1, 0.15) is 22.8 Å². The molecule has 0 aliphatic carbocycles. The molecule has 10 heteroatoms. The summed E-state index contributed by atoms with van der Waals surface area (Å²) in [5.74, 6) is -0.417. The van der Waals surface area contributed by atoms with Crippen molar-refractivity contribution in [1.29, 1.82) is 0 Å². The van der Waals surface area contributed by atoms with Gasteiger partial charge in [-0.1, -0.05) is 17.4 Å². The molecule has 0 N–H and O–H groups in total. The van der Waals surface area contributed by atoms with Gasteiger partial charge in [0.25, 0.3) is 5.91 Å². The third-order valence-corrected chi connectivity index (χ3v) is 8.13. The summed E-state index contributed by atoms with van der Waals surface area (Å²) in [5, 5.41) is 0. The van der Waals surface area contributed by atoms with Crippen LogP contribution in [-0.4, -0.2) is 63.7 Å². The van der Waals surface area contributed by atoms with E-state index >= 15 is 0 Å². The molecule has 0 atom stereocenters. The van der Waals surface area contributed by atoms with E-state index < -0.39 is 15.9 Å². The third kappa shape index (κ3) is 5.77. The summed E-state index contributed by atoms with van der Waals surface area (Å²) in [5.41, 5.74) is 2.51. The zero-order valence-corrected chi connectivity index (χ0v) is 20.9. The number of rotatable bonds is 10. The molecule has 0 unspecified atom stereocenters. The van der Waals surface area contributed by atoms with Gasteiger partial charge in [0, 0.05) is 39.4 Å². The first-order chi connectivity index (χ1) is 15.8. The second kappa shape index (κ2) is 11.2. The second-order valence-electron chi connectivity index (χ2n) is 7.43. The average Bonchev–Trinajstić information content (AvgIpc) is 3.14. The molecule has 178 valence electrons. The number of methoxy groups -OCH3 is 2. The van der Waals surface area contributed by atoms with Gasteiger partial charge in [-0.2, -0.15) is 9.30 Å². The van der Waals surface area contributed by atoms with Crippen molar-refractivity contribution in [3.8, 4) is 0 Å². The number of thiazole rings is 1. The summed E-state index contributed by atoms with van der Waals surface area (Å²) in [6.07, 6.45) is 0. The fraction of sp³-hybridized carbons (Fsp3) is 0.391. The van der Waals surface area contributed by atoms with Gasteiger partial charge in [-0.15, -0.1) is 0 Å². The molecule has 0 radical (unpaired) electrons. The highest BCUT2D eigenvalue weighted by Gasteiger charge is 2.24. The van der Waals surface area contributed by atoms with Crippen molar-refractivity contribution in [3.05, 3.63) is 58.4 Å². The lowest BCUT2D eigenvalue weighted by atomic mass is 10.2. The lowest BCUT2D eigenvalue weighted by molar-refractivity contribution is 0.0997. The van der Waals surface area contributed by atoms with Crippen LogP contribution in [0.2, 0.25) is 0 Å². The number of nitrogens with zero attached hydrogens (tertiary/aromatic N) is 3. The van der Waals surface area contributed by atoms with E-state index in [4.69, 9.17) is 9.47 Å². The van der Waals surface area contributed by atoms with Gasteiger partial charge in [-0.3, -0.25) is 4.79 Å². The Kier molecular flexibility index (Phi) is 8.55. The van der Waals surface area contributed by atoms with Gasteiger partial charge in [0.2, 0.25) is 10.0 Å². The fourth-order valence-corrected chi connectivity index (χ4v) is 5.98. The number of amides is 1. The van der Waals surface area contributed by atoms with Crippen molar-refractivity contribution in [2.75, 3.05) is 40.5 Å². The summed E-state index contributed by atoms with van der Waals surface area (Å²) >= 11 is 1.46. The molecule has 3 aromatic rings. The van der Waals surface area contributed by atoms with Crippen molar-refractivity contribution >= 4 is 37.5 Å². The minimum absolute atomic E-state index is 0.104. The van der Waals surface area contributed by atoms with Crippen LogP contribution in [0.3, 0.4) is 0 Å². The van der Waals surface area contributed by atoms with E-state index in [1.807, 2.05) is 30.5 Å². The molecule has 33 heavy (non-hydrogen) atoms. The van der Waals surface area contributed by atoms with Crippen LogP contribution in [0.25, 0.3) is 10.2 Å². The number of hydrogen-bond acceptors (Lipinski definition) is 6. The minimum Gasteiger partial charge on any atom is -0.383 e. The predicted octanol–water partition coefficient (Wildman–Crippen LogP) is 3.06. The van der Waals surface area contributed by atoms with Gasteiger partial charge in [0.15, 0.2) is 4.80 Å². The zero-order valence-electron chi connectivity index (χ0n) is 19.3. The monoisotopic (exact) mass is 491 g/mol. The molecular weight excluding hydrogens is 462 g/mol. The summed E-state index contributed by atoms with van der Waals surface area (Å²) in [4.78, 5) is 17.9. The van der Waals surface area contributed by atoms with E-state index in [0.29, 0.717) is 16.9 Å². The number of carbonyl (C=O) groups is 1. The van der Waals surface area contributed by atoms with Crippen molar-refractivity contribution in [1.82, 2.24) is 8.87 Å². The maximum Gasteiger partial charge on any atom is 0.279 e. The summed E-state index contributed by atoms with van der Waals surface area (Å²) in [7, 11) is -0.712. The molecule has 0 bridgehead atoms. The number of aryl methyl sites for hydroxylation is 2. The quantitative estimate of drug-likeness (QED) is 0.435. The number of benzene rings is 2. The Morgan fingerprint density at radius 3 is 2.27 bits per heavy atom. The molecule has 1 aromatic heterocycles. The zero-order chi connectivity index (χ0) is 24.0. The largest absolute Gasteiger partial charge is 0.383 e. The highest BCUT2D eigenvalue weighted by molar-refractivity contribution is 7.89. The smallest absolute Gasteiger partial charge is 0.279 e. The summed E-state index contributed by atoms with van der Waals surface area (Å²) in [6, 6.07) is 12.0. The fourth-order valence-electron chi connectivity index (χ4n) is 3.38. The minimum atomic E-state index is -3.75. The first-order valence-corrected chi connectivity index (χ1v) is 12.8. The maximum absolute atomic E-state index is 13.0. The standard InChI is InChI=1S/C23H29N3O5S2/c1-5-26-20-11-6-17(2)16-21(20)32-23(26)24-22(27)18-7-9-19(10-8-18)33(28,29)25(12-14-30-3)13-15-31-4/h6-11,16H,5,12-15H2,1-4H3. The van der Waals surface area contributed by atoms with Crippen molar-refractivity contribution < 1.29 is 22.7 Å². The number of carbonyl (C=O) groups excluding carboxylic acids is 1. The molecule has 0 fully saturated rings. The Bertz CT molecular complexity index is 1270. The second-order valence-corrected chi connectivity index (χ2v) is 10.4. The summed E-state index contributed by atoms with van der Waals surface area (Å²) in [6.45, 7) is 5.67. The van der Waals surface area contributed by atoms with E-state index in [0.717, 1.165) is 15.8 Å². The highest BCUT2D eigenvalue weighted by atomic mass is 32.2. The van der Waals surface area contributed by atoms with E-state index in [2.05, 4.69) is 11.1 Å². The molecule has 8 nitrogen and oxygen atoms in total.